The Balaban J connectivity index is 1.95. The molecule has 4 heteroatoms. The number of aliphatic carboxylic acids is 1. The molecule has 100 valence electrons. The first-order chi connectivity index (χ1) is 9.72. The number of fused-ring (bicyclic) bond motifs is 1. The zero-order valence-electron chi connectivity index (χ0n) is 10.6. The van der Waals surface area contributed by atoms with E-state index in [1.54, 1.807) is 18.2 Å². The summed E-state index contributed by atoms with van der Waals surface area (Å²) in [6, 6.07) is 14.8. The minimum atomic E-state index is -0.887. The maximum Gasteiger partial charge on any atom is 0.307 e. The van der Waals surface area contributed by atoms with Crippen LogP contribution in [0.15, 0.2) is 59.2 Å². The molecule has 20 heavy (non-hydrogen) atoms. The molecule has 0 bridgehead atoms. The van der Waals surface area contributed by atoms with Gasteiger partial charge in [-0.2, -0.15) is 0 Å². The third-order valence-corrected chi connectivity index (χ3v) is 2.95. The molecule has 0 aliphatic carbocycles. The van der Waals surface area contributed by atoms with Gasteiger partial charge in [-0.05, 0) is 30.3 Å². The van der Waals surface area contributed by atoms with Crippen LogP contribution >= 0.6 is 0 Å². The molecule has 2 aromatic carbocycles. The van der Waals surface area contributed by atoms with Crippen LogP contribution in [0.1, 0.15) is 5.56 Å². The van der Waals surface area contributed by atoms with Gasteiger partial charge < -0.3 is 14.3 Å². The molecule has 4 nitrogen and oxygen atoms in total. The van der Waals surface area contributed by atoms with Crippen molar-refractivity contribution in [3.05, 3.63) is 60.4 Å². The molecular weight excluding hydrogens is 256 g/mol. The third kappa shape index (κ3) is 2.49. The van der Waals surface area contributed by atoms with E-state index in [1.165, 1.54) is 6.26 Å². The standard InChI is InChI=1S/C16H12O4/c17-16(18)8-11-10-19-15-7-6-13(9-14(11)15)20-12-4-2-1-3-5-12/h1-7,9-10H,8H2,(H,17,18). The van der Waals surface area contributed by atoms with Crippen LogP contribution in [0, 0.1) is 0 Å². The molecular formula is C16H12O4. The zero-order chi connectivity index (χ0) is 13.9. The van der Waals surface area contributed by atoms with Crippen LogP contribution in [0.5, 0.6) is 11.5 Å². The molecule has 3 rings (SSSR count). The Labute approximate surface area is 115 Å². The van der Waals surface area contributed by atoms with Crippen molar-refractivity contribution in [2.24, 2.45) is 0 Å². The summed E-state index contributed by atoms with van der Waals surface area (Å²) >= 11 is 0. The molecule has 0 atom stereocenters. The molecule has 0 spiro atoms. The average Bonchev–Trinajstić information content (AvgIpc) is 2.82. The van der Waals surface area contributed by atoms with E-state index in [-0.39, 0.29) is 6.42 Å². The van der Waals surface area contributed by atoms with E-state index in [1.807, 2.05) is 30.3 Å². The number of carbonyl (C=O) groups is 1. The van der Waals surface area contributed by atoms with Gasteiger partial charge in [0.25, 0.3) is 0 Å². The topological polar surface area (TPSA) is 59.7 Å². The first-order valence-electron chi connectivity index (χ1n) is 6.17. The van der Waals surface area contributed by atoms with Crippen molar-refractivity contribution in [2.75, 3.05) is 0 Å². The Morgan fingerprint density at radius 1 is 1.10 bits per heavy atom. The number of ether oxygens (including phenoxy) is 1. The Hall–Kier alpha value is -2.75. The molecule has 0 aliphatic heterocycles. The van der Waals surface area contributed by atoms with E-state index in [4.69, 9.17) is 14.3 Å². The van der Waals surface area contributed by atoms with E-state index in [0.29, 0.717) is 16.9 Å². The fourth-order valence-corrected chi connectivity index (χ4v) is 2.05. The lowest BCUT2D eigenvalue weighted by atomic mass is 10.1. The van der Waals surface area contributed by atoms with Crippen molar-refractivity contribution in [3.8, 4) is 11.5 Å². The van der Waals surface area contributed by atoms with Crippen LogP contribution in [-0.4, -0.2) is 11.1 Å². The van der Waals surface area contributed by atoms with Gasteiger partial charge in [0.05, 0.1) is 12.7 Å². The fourth-order valence-electron chi connectivity index (χ4n) is 2.05. The first kappa shape index (κ1) is 12.3. The van der Waals surface area contributed by atoms with Gasteiger partial charge in [0, 0.05) is 10.9 Å². The second-order valence-corrected chi connectivity index (χ2v) is 4.40. The molecule has 0 radical (unpaired) electrons. The summed E-state index contributed by atoms with van der Waals surface area (Å²) in [6.45, 7) is 0. The van der Waals surface area contributed by atoms with Crippen LogP contribution in [0.25, 0.3) is 11.0 Å². The molecule has 0 fully saturated rings. The van der Waals surface area contributed by atoms with Crippen LogP contribution in [0.3, 0.4) is 0 Å². The van der Waals surface area contributed by atoms with Crippen LogP contribution in [0.4, 0.5) is 0 Å². The van der Waals surface area contributed by atoms with Crippen molar-refractivity contribution in [1.82, 2.24) is 0 Å². The molecule has 1 heterocycles. The summed E-state index contributed by atoms with van der Waals surface area (Å²) < 4.78 is 11.1. The van der Waals surface area contributed by atoms with Crippen molar-refractivity contribution >= 4 is 16.9 Å². The lowest BCUT2D eigenvalue weighted by Crippen LogP contribution is -1.98. The van der Waals surface area contributed by atoms with Gasteiger partial charge in [0.1, 0.15) is 17.1 Å². The van der Waals surface area contributed by atoms with Crippen LogP contribution < -0.4 is 4.74 Å². The van der Waals surface area contributed by atoms with E-state index < -0.39 is 5.97 Å². The largest absolute Gasteiger partial charge is 0.481 e. The van der Waals surface area contributed by atoms with Crippen molar-refractivity contribution < 1.29 is 19.1 Å². The maximum absolute atomic E-state index is 10.8. The predicted octanol–water partition coefficient (Wildman–Crippen LogP) is 3.85. The van der Waals surface area contributed by atoms with E-state index in [0.717, 1.165) is 11.1 Å². The molecule has 1 aromatic heterocycles. The minimum absolute atomic E-state index is 0.0677. The summed E-state index contributed by atoms with van der Waals surface area (Å²) in [5.41, 5.74) is 1.30. The van der Waals surface area contributed by atoms with Gasteiger partial charge in [0.2, 0.25) is 0 Å². The molecule has 1 N–H and O–H groups in total. The summed E-state index contributed by atoms with van der Waals surface area (Å²) in [4.78, 5) is 10.8. The van der Waals surface area contributed by atoms with Gasteiger partial charge in [-0.1, -0.05) is 18.2 Å². The van der Waals surface area contributed by atoms with Crippen molar-refractivity contribution in [3.63, 3.8) is 0 Å². The van der Waals surface area contributed by atoms with Crippen LogP contribution in [-0.2, 0) is 11.2 Å². The number of hydrogen-bond donors (Lipinski definition) is 1. The molecule has 0 unspecified atom stereocenters. The SMILES string of the molecule is O=C(O)Cc1coc2ccc(Oc3ccccc3)cc12. The maximum atomic E-state index is 10.8. The molecule has 0 amide bonds. The normalized spacial score (nSPS) is 10.6. The number of benzene rings is 2. The number of carboxylic acid groups (broad SMARTS) is 1. The lowest BCUT2D eigenvalue weighted by molar-refractivity contribution is -0.136. The van der Waals surface area contributed by atoms with E-state index >= 15 is 0 Å². The first-order valence-corrected chi connectivity index (χ1v) is 6.17. The van der Waals surface area contributed by atoms with E-state index in [9.17, 15) is 4.79 Å². The summed E-state index contributed by atoms with van der Waals surface area (Å²) in [5, 5.41) is 9.64. The molecule has 3 aromatic rings. The number of hydrogen-bond acceptors (Lipinski definition) is 3. The number of para-hydroxylation sites is 1. The Morgan fingerprint density at radius 3 is 2.65 bits per heavy atom. The highest BCUT2D eigenvalue weighted by Gasteiger charge is 2.10. The lowest BCUT2D eigenvalue weighted by Gasteiger charge is -2.05. The minimum Gasteiger partial charge on any atom is -0.481 e. The third-order valence-electron chi connectivity index (χ3n) is 2.95. The van der Waals surface area contributed by atoms with E-state index in [2.05, 4.69) is 0 Å². The second-order valence-electron chi connectivity index (χ2n) is 4.40. The Morgan fingerprint density at radius 2 is 1.90 bits per heavy atom. The Bertz CT molecular complexity index is 744. The van der Waals surface area contributed by atoms with Gasteiger partial charge in [-0.25, -0.2) is 0 Å². The van der Waals surface area contributed by atoms with Crippen molar-refractivity contribution in [2.45, 2.75) is 6.42 Å². The summed E-state index contributed by atoms with van der Waals surface area (Å²) in [7, 11) is 0. The number of furan rings is 1. The smallest absolute Gasteiger partial charge is 0.307 e. The van der Waals surface area contributed by atoms with Gasteiger partial charge in [-0.15, -0.1) is 0 Å². The highest BCUT2D eigenvalue weighted by Crippen LogP contribution is 2.29. The van der Waals surface area contributed by atoms with Crippen molar-refractivity contribution in [1.29, 1.82) is 0 Å². The van der Waals surface area contributed by atoms with Crippen LogP contribution in [0.2, 0.25) is 0 Å². The van der Waals surface area contributed by atoms with Gasteiger partial charge in [0.15, 0.2) is 0 Å². The summed E-state index contributed by atoms with van der Waals surface area (Å²) in [6.07, 6.45) is 1.41. The van der Waals surface area contributed by atoms with Gasteiger partial charge in [-0.3, -0.25) is 4.79 Å². The highest BCUT2D eigenvalue weighted by atomic mass is 16.5. The van der Waals surface area contributed by atoms with Gasteiger partial charge >= 0.3 is 5.97 Å². The number of rotatable bonds is 4. The second kappa shape index (κ2) is 5.09. The molecule has 0 aliphatic rings. The fraction of sp³-hybridized carbons (Fsp3) is 0.0625. The summed E-state index contributed by atoms with van der Waals surface area (Å²) in [5.74, 6) is 0.494. The zero-order valence-corrected chi connectivity index (χ0v) is 10.6. The molecule has 0 saturated heterocycles. The highest BCUT2D eigenvalue weighted by molar-refractivity contribution is 5.86. The molecule has 0 saturated carbocycles. The average molecular weight is 268 g/mol. The monoisotopic (exact) mass is 268 g/mol. The predicted molar refractivity (Wildman–Crippen MR) is 74.1 cm³/mol. The Kier molecular flexibility index (Phi) is 3.13. The quantitative estimate of drug-likeness (QED) is 0.780. The number of carboxylic acids is 1.